The molecule has 29 heavy (non-hydrogen) atoms. The zero-order valence-corrected chi connectivity index (χ0v) is 21.6. The topological polar surface area (TPSA) is 85.3 Å². The van der Waals surface area contributed by atoms with E-state index in [1.54, 1.807) is 18.7 Å². The first-order valence-electron chi connectivity index (χ1n) is 10.3. The Kier molecular flexibility index (Phi) is 10.1. The quantitative estimate of drug-likeness (QED) is 0.233. The van der Waals surface area contributed by atoms with Crippen LogP contribution in [0.25, 0.3) is 0 Å². The standard InChI is InChI=1S/C19H37N5O3S.HI/c1-6-20-18(24-13-14-28(26,27)19(2,3)15-24)21-10-8-12-23-11-7-9-16(23)17(25)22(4)5;/h16H,6-15H2,1-5H3,(H,20,21);1H. The van der Waals surface area contributed by atoms with Crippen molar-refractivity contribution in [1.82, 2.24) is 20.0 Å². The van der Waals surface area contributed by atoms with E-state index in [1.807, 2.05) is 21.0 Å². The molecule has 1 amide bonds. The molecule has 1 N–H and O–H groups in total. The van der Waals surface area contributed by atoms with Crippen LogP contribution in [0, 0.1) is 0 Å². The van der Waals surface area contributed by atoms with Crippen molar-refractivity contribution >= 4 is 45.7 Å². The first-order chi connectivity index (χ1) is 13.1. The van der Waals surface area contributed by atoms with Crippen molar-refractivity contribution in [3.05, 3.63) is 0 Å². The number of nitrogens with one attached hydrogen (secondary N) is 1. The monoisotopic (exact) mass is 543 g/mol. The fraction of sp³-hybridized carbons (Fsp3) is 0.895. The number of hydrogen-bond acceptors (Lipinski definition) is 5. The van der Waals surface area contributed by atoms with Crippen molar-refractivity contribution in [2.45, 2.75) is 50.8 Å². The minimum absolute atomic E-state index is 0. The number of sulfone groups is 1. The number of aliphatic imine (C=N–C) groups is 1. The van der Waals surface area contributed by atoms with Crippen molar-refractivity contribution in [3.8, 4) is 0 Å². The second-order valence-corrected chi connectivity index (χ2v) is 11.3. The van der Waals surface area contributed by atoms with Gasteiger partial charge in [-0.1, -0.05) is 0 Å². The summed E-state index contributed by atoms with van der Waals surface area (Å²) < 4.78 is 23.7. The molecular formula is C19H38IN5O3S. The molecule has 0 bridgehead atoms. The summed E-state index contributed by atoms with van der Waals surface area (Å²) in [6.45, 7) is 9.73. The van der Waals surface area contributed by atoms with Crippen LogP contribution < -0.4 is 5.32 Å². The summed E-state index contributed by atoms with van der Waals surface area (Å²) >= 11 is 0. The van der Waals surface area contributed by atoms with Crippen LogP contribution in [0.5, 0.6) is 0 Å². The number of hydrogen-bond donors (Lipinski definition) is 1. The lowest BCUT2D eigenvalue weighted by Gasteiger charge is -2.39. The number of carbonyl (C=O) groups is 1. The number of amides is 1. The third kappa shape index (κ3) is 6.68. The van der Waals surface area contributed by atoms with Gasteiger partial charge >= 0.3 is 0 Å². The summed E-state index contributed by atoms with van der Waals surface area (Å²) in [6, 6.07) is 0.000294. The number of likely N-dealkylation sites (N-methyl/N-ethyl adjacent to an activating group) is 1. The molecule has 2 aliphatic rings. The number of guanidine groups is 1. The van der Waals surface area contributed by atoms with Gasteiger partial charge in [-0.3, -0.25) is 14.7 Å². The number of rotatable bonds is 6. The molecule has 10 heteroatoms. The summed E-state index contributed by atoms with van der Waals surface area (Å²) in [6.07, 6.45) is 2.87. The summed E-state index contributed by atoms with van der Waals surface area (Å²) in [4.78, 5) is 23.0. The van der Waals surface area contributed by atoms with Gasteiger partial charge in [0.15, 0.2) is 15.8 Å². The molecule has 0 saturated carbocycles. The minimum atomic E-state index is -3.07. The van der Waals surface area contributed by atoms with Crippen molar-refractivity contribution in [2.24, 2.45) is 4.99 Å². The van der Waals surface area contributed by atoms with E-state index in [4.69, 9.17) is 4.99 Å². The molecule has 0 radical (unpaired) electrons. The van der Waals surface area contributed by atoms with Gasteiger partial charge in [-0.25, -0.2) is 8.42 Å². The molecule has 0 aliphatic carbocycles. The van der Waals surface area contributed by atoms with Crippen molar-refractivity contribution in [2.75, 3.05) is 59.1 Å². The second-order valence-electron chi connectivity index (χ2n) is 8.52. The Bertz CT molecular complexity index is 681. The highest BCUT2D eigenvalue weighted by molar-refractivity contribution is 14.0. The Balaban J connectivity index is 0.00000420. The smallest absolute Gasteiger partial charge is 0.239 e. The fourth-order valence-corrected chi connectivity index (χ4v) is 5.25. The number of nitrogens with zero attached hydrogens (tertiary/aromatic N) is 4. The van der Waals surface area contributed by atoms with Gasteiger partial charge in [0.25, 0.3) is 0 Å². The molecule has 2 rings (SSSR count). The van der Waals surface area contributed by atoms with E-state index in [0.29, 0.717) is 19.6 Å². The zero-order chi connectivity index (χ0) is 20.9. The van der Waals surface area contributed by atoms with Gasteiger partial charge in [0, 0.05) is 46.8 Å². The van der Waals surface area contributed by atoms with Crippen LogP contribution in [-0.2, 0) is 14.6 Å². The number of halogens is 1. The first-order valence-corrected chi connectivity index (χ1v) is 11.9. The van der Waals surface area contributed by atoms with E-state index in [1.165, 1.54) is 0 Å². The predicted molar refractivity (Wildman–Crippen MR) is 129 cm³/mol. The lowest BCUT2D eigenvalue weighted by molar-refractivity contribution is -0.133. The van der Waals surface area contributed by atoms with Crippen molar-refractivity contribution in [3.63, 3.8) is 0 Å². The Hall–Kier alpha value is -0.620. The molecule has 2 saturated heterocycles. The van der Waals surface area contributed by atoms with Gasteiger partial charge in [-0.2, -0.15) is 0 Å². The Morgan fingerprint density at radius 3 is 2.55 bits per heavy atom. The number of carbonyl (C=O) groups excluding carboxylic acids is 1. The van der Waals surface area contributed by atoms with Crippen LogP contribution in [0.4, 0.5) is 0 Å². The van der Waals surface area contributed by atoms with Gasteiger partial charge in [0.2, 0.25) is 5.91 Å². The van der Waals surface area contributed by atoms with Gasteiger partial charge < -0.3 is 15.1 Å². The van der Waals surface area contributed by atoms with E-state index in [-0.39, 0.29) is 41.7 Å². The van der Waals surface area contributed by atoms with E-state index < -0.39 is 14.6 Å². The van der Waals surface area contributed by atoms with Crippen LogP contribution in [0.3, 0.4) is 0 Å². The van der Waals surface area contributed by atoms with Gasteiger partial charge in [-0.15, -0.1) is 24.0 Å². The van der Waals surface area contributed by atoms with E-state index in [9.17, 15) is 13.2 Å². The summed E-state index contributed by atoms with van der Waals surface area (Å²) in [5.74, 6) is 1.13. The van der Waals surface area contributed by atoms with E-state index >= 15 is 0 Å². The molecule has 170 valence electrons. The molecule has 0 spiro atoms. The molecular weight excluding hydrogens is 505 g/mol. The Morgan fingerprint density at radius 1 is 1.28 bits per heavy atom. The second kappa shape index (κ2) is 11.1. The Morgan fingerprint density at radius 2 is 1.97 bits per heavy atom. The largest absolute Gasteiger partial charge is 0.357 e. The SMILES string of the molecule is CCNC(=NCCCN1CCCC1C(=O)N(C)C)N1CCS(=O)(=O)C(C)(C)C1.I. The normalized spacial score (nSPS) is 24.1. The molecule has 1 unspecified atom stereocenters. The molecule has 0 aromatic rings. The minimum Gasteiger partial charge on any atom is -0.357 e. The first kappa shape index (κ1) is 26.4. The predicted octanol–water partition coefficient (Wildman–Crippen LogP) is 1.02. The summed E-state index contributed by atoms with van der Waals surface area (Å²) in [7, 11) is 0.556. The van der Waals surface area contributed by atoms with Gasteiger partial charge in [0.05, 0.1) is 16.5 Å². The van der Waals surface area contributed by atoms with Crippen LogP contribution in [0.2, 0.25) is 0 Å². The Labute approximate surface area is 193 Å². The highest BCUT2D eigenvalue weighted by Crippen LogP contribution is 2.24. The van der Waals surface area contributed by atoms with Crippen LogP contribution in [-0.4, -0.2) is 105 Å². The summed E-state index contributed by atoms with van der Waals surface area (Å²) in [5, 5.41) is 3.29. The fourth-order valence-electron chi connectivity index (χ4n) is 3.88. The van der Waals surface area contributed by atoms with E-state index in [0.717, 1.165) is 44.9 Å². The van der Waals surface area contributed by atoms with Gasteiger partial charge in [0.1, 0.15) is 0 Å². The van der Waals surface area contributed by atoms with Gasteiger partial charge in [-0.05, 0) is 46.6 Å². The third-order valence-electron chi connectivity index (χ3n) is 5.63. The molecule has 8 nitrogen and oxygen atoms in total. The van der Waals surface area contributed by atoms with Crippen LogP contribution >= 0.6 is 24.0 Å². The molecule has 2 fully saturated rings. The molecule has 1 atom stereocenters. The van der Waals surface area contributed by atoms with Crippen molar-refractivity contribution in [1.29, 1.82) is 0 Å². The lowest BCUT2D eigenvalue weighted by atomic mass is 10.2. The average Bonchev–Trinajstić information content (AvgIpc) is 3.07. The molecule has 0 aromatic heterocycles. The molecule has 0 aromatic carbocycles. The third-order valence-corrected chi connectivity index (χ3v) is 8.17. The molecule has 2 aliphatic heterocycles. The highest BCUT2D eigenvalue weighted by atomic mass is 127. The van der Waals surface area contributed by atoms with Crippen molar-refractivity contribution < 1.29 is 13.2 Å². The maximum Gasteiger partial charge on any atom is 0.239 e. The maximum atomic E-state index is 12.3. The summed E-state index contributed by atoms with van der Waals surface area (Å²) in [5.41, 5.74) is 0. The highest BCUT2D eigenvalue weighted by Gasteiger charge is 2.41. The number of likely N-dealkylation sites (tertiary alicyclic amines) is 1. The molecule has 2 heterocycles. The van der Waals surface area contributed by atoms with E-state index in [2.05, 4.69) is 15.1 Å². The lowest BCUT2D eigenvalue weighted by Crippen LogP contribution is -2.57. The van der Waals surface area contributed by atoms with Crippen LogP contribution in [0.1, 0.15) is 40.0 Å². The maximum absolute atomic E-state index is 12.3. The zero-order valence-electron chi connectivity index (χ0n) is 18.5. The average molecular weight is 544 g/mol. The van der Waals surface area contributed by atoms with Crippen LogP contribution in [0.15, 0.2) is 4.99 Å².